The largest absolute Gasteiger partial charge is 0.508 e. The zero-order chi connectivity index (χ0) is 25.4. The summed E-state index contributed by atoms with van der Waals surface area (Å²) >= 11 is 0. The molecule has 1 fully saturated rings. The Kier molecular flexibility index (Phi) is 6.92. The summed E-state index contributed by atoms with van der Waals surface area (Å²) in [4.78, 5) is 13.2. The van der Waals surface area contributed by atoms with E-state index in [2.05, 4.69) is 0 Å². The molecule has 1 saturated heterocycles. The van der Waals surface area contributed by atoms with Gasteiger partial charge in [0.05, 0.1) is 27.2 Å². The van der Waals surface area contributed by atoms with Crippen LogP contribution in [-0.4, -0.2) is 88.0 Å². The van der Waals surface area contributed by atoms with E-state index in [1.165, 1.54) is 32.4 Å². The van der Waals surface area contributed by atoms with Crippen molar-refractivity contribution >= 4 is 5.78 Å². The third-order valence-corrected chi connectivity index (χ3v) is 5.94. The molecule has 6 N–H and O–H groups in total. The Labute approximate surface area is 199 Å². The number of benzene rings is 2. The molecule has 12 nitrogen and oxygen atoms in total. The summed E-state index contributed by atoms with van der Waals surface area (Å²) in [6.45, 7) is -0.660. The fourth-order valence-corrected chi connectivity index (χ4v) is 4.08. The van der Waals surface area contributed by atoms with Gasteiger partial charge in [-0.2, -0.15) is 0 Å². The topological polar surface area (TPSA) is 185 Å². The minimum absolute atomic E-state index is 0.0168. The summed E-state index contributed by atoms with van der Waals surface area (Å²) in [5, 5.41) is 60.0. The fraction of sp³-hybridized carbons (Fsp3) is 0.435. The van der Waals surface area contributed by atoms with Gasteiger partial charge in [0.25, 0.3) is 0 Å². The van der Waals surface area contributed by atoms with E-state index in [4.69, 9.17) is 23.7 Å². The third kappa shape index (κ3) is 4.54. The maximum Gasteiger partial charge on any atom is 0.229 e. The van der Waals surface area contributed by atoms with Crippen molar-refractivity contribution in [2.24, 2.45) is 0 Å². The molecule has 2 aromatic rings. The van der Waals surface area contributed by atoms with E-state index < -0.39 is 49.2 Å². The van der Waals surface area contributed by atoms with Gasteiger partial charge >= 0.3 is 0 Å². The number of carbonyl (C=O) groups is 1. The van der Waals surface area contributed by atoms with Crippen molar-refractivity contribution in [2.45, 2.75) is 43.2 Å². The molecule has 0 bridgehead atoms. The van der Waals surface area contributed by atoms with Gasteiger partial charge in [0.15, 0.2) is 17.3 Å². The molecule has 0 saturated carbocycles. The van der Waals surface area contributed by atoms with E-state index >= 15 is 0 Å². The van der Waals surface area contributed by atoms with Gasteiger partial charge in [0.2, 0.25) is 12.0 Å². The summed E-state index contributed by atoms with van der Waals surface area (Å²) < 4.78 is 27.2. The summed E-state index contributed by atoms with van der Waals surface area (Å²) in [5.41, 5.74) is 0.434. The lowest BCUT2D eigenvalue weighted by Gasteiger charge is -2.40. The van der Waals surface area contributed by atoms with E-state index in [9.17, 15) is 35.4 Å². The van der Waals surface area contributed by atoms with Crippen LogP contribution in [0.2, 0.25) is 0 Å². The van der Waals surface area contributed by atoms with Crippen LogP contribution in [0.4, 0.5) is 0 Å². The van der Waals surface area contributed by atoms with Gasteiger partial charge in [-0.15, -0.1) is 0 Å². The minimum Gasteiger partial charge on any atom is -0.508 e. The fourth-order valence-electron chi connectivity index (χ4n) is 4.08. The highest BCUT2D eigenvalue weighted by molar-refractivity contribution is 6.03. The molecular weight excluding hydrogens is 468 g/mol. The molecule has 0 aliphatic carbocycles. The molecule has 12 heteroatoms. The minimum atomic E-state index is -1.71. The van der Waals surface area contributed by atoms with Gasteiger partial charge < -0.3 is 54.3 Å². The Bertz CT molecular complexity index is 1080. The van der Waals surface area contributed by atoms with Crippen LogP contribution in [0.25, 0.3) is 0 Å². The second-order valence-corrected chi connectivity index (χ2v) is 8.14. The highest BCUT2D eigenvalue weighted by atomic mass is 16.7. The monoisotopic (exact) mass is 494 g/mol. The van der Waals surface area contributed by atoms with Crippen LogP contribution in [0.3, 0.4) is 0 Å². The first-order chi connectivity index (χ1) is 16.7. The van der Waals surface area contributed by atoms with Crippen LogP contribution in [0.1, 0.15) is 28.4 Å². The first kappa shape index (κ1) is 24.8. The van der Waals surface area contributed by atoms with E-state index in [0.29, 0.717) is 5.56 Å². The Morgan fingerprint density at radius 3 is 2.20 bits per heavy atom. The molecule has 0 radical (unpaired) electrons. The van der Waals surface area contributed by atoms with E-state index in [1.54, 1.807) is 0 Å². The number of aliphatic hydroxyl groups is 4. The number of ketones is 1. The number of hydrogen-bond acceptors (Lipinski definition) is 12. The van der Waals surface area contributed by atoms with Gasteiger partial charge in [-0.25, -0.2) is 0 Å². The molecule has 2 heterocycles. The van der Waals surface area contributed by atoms with Crippen LogP contribution < -0.4 is 18.9 Å². The van der Waals surface area contributed by atoms with Crippen molar-refractivity contribution in [3.63, 3.8) is 0 Å². The predicted octanol–water partition coefficient (Wildman–Crippen LogP) is 0.000200. The predicted molar refractivity (Wildman–Crippen MR) is 116 cm³/mol. The van der Waals surface area contributed by atoms with Crippen molar-refractivity contribution in [3.05, 3.63) is 35.4 Å². The maximum absolute atomic E-state index is 13.2. The van der Waals surface area contributed by atoms with Gasteiger partial charge in [0, 0.05) is 17.7 Å². The lowest BCUT2D eigenvalue weighted by molar-refractivity contribution is -0.277. The third-order valence-electron chi connectivity index (χ3n) is 5.94. The molecule has 2 aliphatic rings. The number of rotatable bonds is 6. The molecule has 4 rings (SSSR count). The van der Waals surface area contributed by atoms with Crippen LogP contribution in [-0.2, 0) is 4.74 Å². The molecule has 0 aromatic heterocycles. The van der Waals surface area contributed by atoms with Crippen LogP contribution in [0.15, 0.2) is 24.3 Å². The second kappa shape index (κ2) is 9.76. The molecule has 190 valence electrons. The maximum atomic E-state index is 13.2. The number of aliphatic hydroxyl groups excluding tert-OH is 4. The second-order valence-electron chi connectivity index (χ2n) is 8.14. The van der Waals surface area contributed by atoms with Crippen LogP contribution in [0.5, 0.6) is 34.5 Å². The van der Waals surface area contributed by atoms with E-state index in [0.717, 1.165) is 6.07 Å². The number of hydrogen-bond donors (Lipinski definition) is 6. The molecule has 2 aliphatic heterocycles. The summed E-state index contributed by atoms with van der Waals surface area (Å²) in [6.07, 6.45) is -8.74. The zero-order valence-electron chi connectivity index (χ0n) is 18.8. The zero-order valence-corrected chi connectivity index (χ0v) is 18.8. The lowest BCUT2D eigenvalue weighted by atomic mass is 9.94. The first-order valence-corrected chi connectivity index (χ1v) is 10.7. The molecule has 35 heavy (non-hydrogen) atoms. The Balaban J connectivity index is 1.66. The number of carbonyl (C=O) groups excluding carboxylic acids is 1. The SMILES string of the molecule is COc1cc([C@@H]2CC(=O)c3c(O[C@@H]4O[C@H](CO)[C@@H](O)[C@H](O)[C@H]4O)cc(O)cc3O2)cc(OC)c1O. The smallest absolute Gasteiger partial charge is 0.229 e. The van der Waals surface area contributed by atoms with Crippen molar-refractivity contribution < 1.29 is 59.1 Å². The Morgan fingerprint density at radius 1 is 0.943 bits per heavy atom. The molecule has 0 unspecified atom stereocenters. The number of aromatic hydroxyl groups is 2. The quantitative estimate of drug-likeness (QED) is 0.316. The summed E-state index contributed by atoms with van der Waals surface area (Å²) in [7, 11) is 2.72. The van der Waals surface area contributed by atoms with E-state index in [1.807, 2.05) is 0 Å². The molecule has 6 atom stereocenters. The Morgan fingerprint density at radius 2 is 1.60 bits per heavy atom. The average Bonchev–Trinajstić information content (AvgIpc) is 2.83. The molecule has 0 spiro atoms. The molecule has 2 aromatic carbocycles. The average molecular weight is 494 g/mol. The number of methoxy groups -OCH3 is 2. The van der Waals surface area contributed by atoms with Crippen LogP contribution in [0, 0.1) is 0 Å². The van der Waals surface area contributed by atoms with Crippen molar-refractivity contribution in [1.82, 2.24) is 0 Å². The standard InChI is InChI=1S/C23H26O12/c1-31-15-3-9(4-16(32-2)19(15)27)12-7-11(26)18-13(33-12)5-10(25)6-14(18)34-23-22(30)21(29)20(28)17(8-24)35-23/h3-6,12,17,20-25,27-30H,7-8H2,1-2H3/t12-,17+,20+,21-,22+,23+/m0/s1. The van der Waals surface area contributed by atoms with Gasteiger partial charge in [0.1, 0.15) is 53.3 Å². The van der Waals surface area contributed by atoms with Gasteiger partial charge in [-0.3, -0.25) is 4.79 Å². The highest BCUT2D eigenvalue weighted by Crippen LogP contribution is 2.45. The van der Waals surface area contributed by atoms with Crippen molar-refractivity contribution in [3.8, 4) is 34.5 Å². The molecule has 0 amide bonds. The van der Waals surface area contributed by atoms with Crippen molar-refractivity contribution in [1.29, 1.82) is 0 Å². The van der Waals surface area contributed by atoms with E-state index in [-0.39, 0.29) is 46.5 Å². The number of phenolic OH excluding ortho intramolecular Hbond substituents is 2. The number of ether oxygens (including phenoxy) is 5. The first-order valence-electron chi connectivity index (χ1n) is 10.7. The normalized spacial score (nSPS) is 28.1. The van der Waals surface area contributed by atoms with Gasteiger partial charge in [-0.1, -0.05) is 0 Å². The number of Topliss-reactive ketones (excluding diaryl/α,β-unsaturated/α-hetero) is 1. The summed E-state index contributed by atoms with van der Waals surface area (Å²) in [6, 6.07) is 5.33. The number of fused-ring (bicyclic) bond motifs is 1. The summed E-state index contributed by atoms with van der Waals surface area (Å²) in [5.74, 6) is -0.938. The Hall–Kier alpha value is -3.29. The van der Waals surface area contributed by atoms with Crippen molar-refractivity contribution in [2.75, 3.05) is 20.8 Å². The number of phenols is 2. The van der Waals surface area contributed by atoms with Crippen LogP contribution >= 0.6 is 0 Å². The van der Waals surface area contributed by atoms with Gasteiger partial charge in [-0.05, 0) is 12.1 Å². The molecular formula is C23H26O12. The lowest BCUT2D eigenvalue weighted by Crippen LogP contribution is -2.60. The highest BCUT2D eigenvalue weighted by Gasteiger charge is 2.45.